The SMILES string of the molecule is COC(=O)COc1c(C)cc(C=CC(=O)c2cccc(OC)c2)cc1C. The fourth-order valence-corrected chi connectivity index (χ4v) is 2.54. The van der Waals surface area contributed by atoms with Crippen LogP contribution >= 0.6 is 0 Å². The van der Waals surface area contributed by atoms with Gasteiger partial charge in [0.05, 0.1) is 14.2 Å². The highest BCUT2D eigenvalue weighted by molar-refractivity contribution is 6.07. The van der Waals surface area contributed by atoms with Crippen molar-refractivity contribution in [3.8, 4) is 11.5 Å². The number of benzene rings is 2. The van der Waals surface area contributed by atoms with Gasteiger partial charge in [0.25, 0.3) is 0 Å². The first kappa shape index (κ1) is 19.2. The molecule has 0 bridgehead atoms. The van der Waals surface area contributed by atoms with Crippen molar-refractivity contribution in [2.45, 2.75) is 13.8 Å². The van der Waals surface area contributed by atoms with E-state index < -0.39 is 5.97 Å². The van der Waals surface area contributed by atoms with Crippen molar-refractivity contribution in [3.63, 3.8) is 0 Å². The van der Waals surface area contributed by atoms with Gasteiger partial charge < -0.3 is 14.2 Å². The summed E-state index contributed by atoms with van der Waals surface area (Å²) in [4.78, 5) is 23.5. The molecule has 5 heteroatoms. The van der Waals surface area contributed by atoms with E-state index in [1.165, 1.54) is 13.2 Å². The smallest absolute Gasteiger partial charge is 0.343 e. The molecule has 0 fully saturated rings. The first-order chi connectivity index (χ1) is 12.4. The molecule has 0 heterocycles. The summed E-state index contributed by atoms with van der Waals surface area (Å²) >= 11 is 0. The molecule has 5 nitrogen and oxygen atoms in total. The molecule has 0 spiro atoms. The summed E-state index contributed by atoms with van der Waals surface area (Å²) in [6.45, 7) is 3.64. The maximum atomic E-state index is 12.3. The number of ketones is 1. The summed E-state index contributed by atoms with van der Waals surface area (Å²) in [5, 5.41) is 0. The second-order valence-electron chi connectivity index (χ2n) is 5.78. The van der Waals surface area contributed by atoms with Crippen molar-refractivity contribution in [1.82, 2.24) is 0 Å². The maximum Gasteiger partial charge on any atom is 0.343 e. The molecule has 136 valence electrons. The van der Waals surface area contributed by atoms with Crippen molar-refractivity contribution in [2.24, 2.45) is 0 Å². The molecule has 0 aliphatic heterocycles. The molecule has 0 aromatic heterocycles. The normalized spacial score (nSPS) is 10.6. The fourth-order valence-electron chi connectivity index (χ4n) is 2.54. The third-order valence-corrected chi connectivity index (χ3v) is 3.83. The molecule has 0 amide bonds. The third kappa shape index (κ3) is 4.96. The number of carbonyl (C=O) groups is 2. The summed E-state index contributed by atoms with van der Waals surface area (Å²) in [7, 11) is 2.88. The standard InChI is InChI=1S/C21H22O5/c1-14-10-16(11-15(2)21(14)26-13-20(23)25-4)8-9-19(22)17-6-5-7-18(12-17)24-3/h5-12H,13H2,1-4H3. The van der Waals surface area contributed by atoms with E-state index in [4.69, 9.17) is 9.47 Å². The highest BCUT2D eigenvalue weighted by Gasteiger charge is 2.09. The lowest BCUT2D eigenvalue weighted by atomic mass is 10.0. The van der Waals surface area contributed by atoms with Gasteiger partial charge in [-0.2, -0.15) is 0 Å². The minimum Gasteiger partial charge on any atom is -0.497 e. The summed E-state index contributed by atoms with van der Waals surface area (Å²) in [6, 6.07) is 10.8. The molecule has 0 aliphatic rings. The lowest BCUT2D eigenvalue weighted by Crippen LogP contribution is -2.13. The molecule has 26 heavy (non-hydrogen) atoms. The minimum atomic E-state index is -0.434. The molecule has 2 aromatic rings. The van der Waals surface area contributed by atoms with Crippen molar-refractivity contribution in [2.75, 3.05) is 20.8 Å². The zero-order chi connectivity index (χ0) is 19.1. The van der Waals surface area contributed by atoms with Crippen molar-refractivity contribution in [3.05, 3.63) is 64.7 Å². The van der Waals surface area contributed by atoms with Crippen LogP contribution in [-0.2, 0) is 9.53 Å². The van der Waals surface area contributed by atoms with Crippen LogP contribution in [0.5, 0.6) is 11.5 Å². The minimum absolute atomic E-state index is 0.106. The molecule has 0 atom stereocenters. The molecular formula is C21H22O5. The Hall–Kier alpha value is -3.08. The van der Waals surface area contributed by atoms with E-state index in [1.54, 1.807) is 37.5 Å². The average Bonchev–Trinajstić information content (AvgIpc) is 2.65. The van der Waals surface area contributed by atoms with Crippen LogP contribution in [0.25, 0.3) is 6.08 Å². The maximum absolute atomic E-state index is 12.3. The second-order valence-corrected chi connectivity index (χ2v) is 5.78. The van der Waals surface area contributed by atoms with Gasteiger partial charge in [0, 0.05) is 5.56 Å². The van der Waals surface area contributed by atoms with Crippen LogP contribution in [0.1, 0.15) is 27.0 Å². The summed E-state index contributed by atoms with van der Waals surface area (Å²) in [5.41, 5.74) is 3.19. The van der Waals surface area contributed by atoms with E-state index >= 15 is 0 Å². The van der Waals surface area contributed by atoms with Crippen LogP contribution in [0, 0.1) is 13.8 Å². The predicted molar refractivity (Wildman–Crippen MR) is 99.8 cm³/mol. The van der Waals surface area contributed by atoms with Crippen molar-refractivity contribution >= 4 is 17.8 Å². The molecule has 0 saturated carbocycles. The number of hydrogen-bond donors (Lipinski definition) is 0. The zero-order valence-electron chi connectivity index (χ0n) is 15.4. The van der Waals surface area contributed by atoms with Gasteiger partial charge in [-0.3, -0.25) is 4.79 Å². The quantitative estimate of drug-likeness (QED) is 0.430. The Morgan fingerprint density at radius 3 is 2.35 bits per heavy atom. The van der Waals surface area contributed by atoms with Crippen LogP contribution in [0.2, 0.25) is 0 Å². The highest BCUT2D eigenvalue weighted by atomic mass is 16.6. The van der Waals surface area contributed by atoms with E-state index in [2.05, 4.69) is 4.74 Å². The Morgan fingerprint density at radius 1 is 1.04 bits per heavy atom. The van der Waals surface area contributed by atoms with E-state index in [9.17, 15) is 9.59 Å². The molecule has 0 radical (unpaired) electrons. The van der Waals surface area contributed by atoms with Crippen molar-refractivity contribution in [1.29, 1.82) is 0 Å². The van der Waals surface area contributed by atoms with Gasteiger partial charge in [-0.05, 0) is 60.9 Å². The Kier molecular flexibility index (Phi) is 6.55. The number of ether oxygens (including phenoxy) is 3. The third-order valence-electron chi connectivity index (χ3n) is 3.83. The van der Waals surface area contributed by atoms with Crippen LogP contribution in [-0.4, -0.2) is 32.6 Å². The van der Waals surface area contributed by atoms with Gasteiger partial charge in [0.15, 0.2) is 12.4 Å². The number of allylic oxidation sites excluding steroid dienone is 1. The van der Waals surface area contributed by atoms with E-state index in [0.717, 1.165) is 16.7 Å². The second kappa shape index (κ2) is 8.85. The largest absolute Gasteiger partial charge is 0.497 e. The predicted octanol–water partition coefficient (Wildman–Crippen LogP) is 3.76. The lowest BCUT2D eigenvalue weighted by molar-refractivity contribution is -0.142. The summed E-state index contributed by atoms with van der Waals surface area (Å²) in [6.07, 6.45) is 3.28. The number of hydrogen-bond acceptors (Lipinski definition) is 5. The molecule has 0 N–H and O–H groups in total. The summed E-state index contributed by atoms with van der Waals surface area (Å²) < 4.78 is 15.2. The molecule has 2 aromatic carbocycles. The van der Waals surface area contributed by atoms with Gasteiger partial charge in [0.1, 0.15) is 11.5 Å². The Bertz CT molecular complexity index is 813. The molecule has 2 rings (SSSR count). The van der Waals surface area contributed by atoms with Gasteiger partial charge in [-0.25, -0.2) is 4.79 Å². The van der Waals surface area contributed by atoms with E-state index in [-0.39, 0.29) is 12.4 Å². The monoisotopic (exact) mass is 354 g/mol. The van der Waals surface area contributed by atoms with E-state index in [0.29, 0.717) is 17.1 Å². The zero-order valence-corrected chi connectivity index (χ0v) is 15.4. The number of aryl methyl sites for hydroxylation is 2. The van der Waals surface area contributed by atoms with Gasteiger partial charge in [-0.15, -0.1) is 0 Å². The lowest BCUT2D eigenvalue weighted by Gasteiger charge is -2.12. The molecular weight excluding hydrogens is 332 g/mol. The Morgan fingerprint density at radius 2 is 1.73 bits per heavy atom. The molecule has 0 aliphatic carbocycles. The molecule has 0 saturated heterocycles. The first-order valence-electron chi connectivity index (χ1n) is 8.12. The van der Waals surface area contributed by atoms with Crippen LogP contribution in [0.15, 0.2) is 42.5 Å². The van der Waals surface area contributed by atoms with Crippen LogP contribution in [0.4, 0.5) is 0 Å². The van der Waals surface area contributed by atoms with Crippen LogP contribution in [0.3, 0.4) is 0 Å². The number of esters is 1. The number of rotatable bonds is 7. The van der Waals surface area contributed by atoms with Gasteiger partial charge in [0.2, 0.25) is 0 Å². The van der Waals surface area contributed by atoms with E-state index in [1.807, 2.05) is 26.0 Å². The Balaban J connectivity index is 2.15. The Labute approximate surface area is 153 Å². The first-order valence-corrected chi connectivity index (χ1v) is 8.12. The van der Waals surface area contributed by atoms with Crippen molar-refractivity contribution < 1.29 is 23.8 Å². The average molecular weight is 354 g/mol. The van der Waals surface area contributed by atoms with Gasteiger partial charge >= 0.3 is 5.97 Å². The molecule has 0 unspecified atom stereocenters. The highest BCUT2D eigenvalue weighted by Crippen LogP contribution is 2.25. The number of carbonyl (C=O) groups excluding carboxylic acids is 2. The number of methoxy groups -OCH3 is 2. The topological polar surface area (TPSA) is 61.8 Å². The van der Waals surface area contributed by atoms with Gasteiger partial charge in [-0.1, -0.05) is 18.2 Å². The van der Waals surface area contributed by atoms with Crippen LogP contribution < -0.4 is 9.47 Å². The summed E-state index contributed by atoms with van der Waals surface area (Å²) in [5.74, 6) is 0.747. The fraction of sp³-hybridized carbons (Fsp3) is 0.238.